The fraction of sp³-hybridized carbons (Fsp3) is 0.333. The summed E-state index contributed by atoms with van der Waals surface area (Å²) in [5.41, 5.74) is 0.495. The second-order valence-electron chi connectivity index (χ2n) is 4.03. The molecule has 0 saturated carbocycles. The third-order valence-electron chi connectivity index (χ3n) is 2.63. The van der Waals surface area contributed by atoms with E-state index in [1.807, 2.05) is 0 Å². The highest BCUT2D eigenvalue weighted by molar-refractivity contribution is 7.92. The van der Waals surface area contributed by atoms with Crippen molar-refractivity contribution >= 4 is 27.6 Å². The maximum absolute atomic E-state index is 11.8. The molecule has 0 aliphatic rings. The van der Waals surface area contributed by atoms with Crippen LogP contribution in [0, 0.1) is 6.92 Å². The molecule has 0 aliphatic heterocycles. The molecule has 0 heterocycles. The molecule has 1 aromatic carbocycles. The number of carbonyl (C=O) groups is 2. The summed E-state index contributed by atoms with van der Waals surface area (Å²) in [5.74, 6) is -2.21. The molecule has 8 heteroatoms. The molecule has 7 nitrogen and oxygen atoms in total. The van der Waals surface area contributed by atoms with Gasteiger partial charge >= 0.3 is 11.9 Å². The van der Waals surface area contributed by atoms with E-state index < -0.39 is 27.7 Å². The van der Waals surface area contributed by atoms with Crippen LogP contribution in [0.3, 0.4) is 0 Å². The largest absolute Gasteiger partial charge is 0.478 e. The normalized spacial score (nSPS) is 10.9. The van der Waals surface area contributed by atoms with Gasteiger partial charge in [0.2, 0.25) is 10.0 Å². The fourth-order valence-corrected chi connectivity index (χ4v) is 2.61. The van der Waals surface area contributed by atoms with E-state index in [-0.39, 0.29) is 17.7 Å². The van der Waals surface area contributed by atoms with Gasteiger partial charge in [0.15, 0.2) is 0 Å². The highest BCUT2D eigenvalue weighted by Crippen LogP contribution is 2.20. The zero-order chi connectivity index (χ0) is 15.3. The number of hydrogen-bond acceptors (Lipinski definition) is 5. The van der Waals surface area contributed by atoms with Gasteiger partial charge in [0.05, 0.1) is 30.5 Å². The summed E-state index contributed by atoms with van der Waals surface area (Å²) in [6, 6.07) is 4.27. The molecule has 0 spiro atoms. The number of hydrogen-bond donors (Lipinski definition) is 2. The zero-order valence-electron chi connectivity index (χ0n) is 11.0. The van der Waals surface area contributed by atoms with Crippen LogP contribution in [0.25, 0.3) is 0 Å². The Morgan fingerprint density at radius 1 is 1.35 bits per heavy atom. The minimum atomic E-state index is -3.75. The topological polar surface area (TPSA) is 110 Å². The number of esters is 1. The minimum Gasteiger partial charge on any atom is -0.478 e. The molecule has 0 unspecified atom stereocenters. The lowest BCUT2D eigenvalue weighted by Gasteiger charge is -2.11. The van der Waals surface area contributed by atoms with Crippen LogP contribution >= 0.6 is 0 Å². The van der Waals surface area contributed by atoms with Gasteiger partial charge in [-0.1, -0.05) is 6.07 Å². The van der Waals surface area contributed by atoms with E-state index in [4.69, 9.17) is 5.11 Å². The highest BCUT2D eigenvalue weighted by Gasteiger charge is 2.17. The van der Waals surface area contributed by atoms with Gasteiger partial charge in [-0.2, -0.15) is 0 Å². The lowest BCUT2D eigenvalue weighted by Crippen LogP contribution is -2.20. The number of carboxylic acid groups (broad SMARTS) is 1. The van der Waals surface area contributed by atoms with Crippen molar-refractivity contribution in [3.8, 4) is 0 Å². The number of carboxylic acids is 1. The summed E-state index contributed by atoms with van der Waals surface area (Å²) >= 11 is 0. The lowest BCUT2D eigenvalue weighted by molar-refractivity contribution is -0.140. The van der Waals surface area contributed by atoms with E-state index >= 15 is 0 Å². The van der Waals surface area contributed by atoms with E-state index in [9.17, 15) is 18.0 Å². The Bertz CT molecular complexity index is 623. The standard InChI is InChI=1S/C12H15NO6S/c1-8-9(12(15)16)4-3-5-10(8)13-20(17,18)7-6-11(14)19-2/h3-5,13H,6-7H2,1-2H3,(H,15,16). The Kier molecular flexibility index (Phi) is 5.09. The second-order valence-corrected chi connectivity index (χ2v) is 5.87. The predicted molar refractivity (Wildman–Crippen MR) is 72.2 cm³/mol. The number of benzene rings is 1. The van der Waals surface area contributed by atoms with Crippen LogP contribution < -0.4 is 4.72 Å². The Labute approximate surface area is 116 Å². The van der Waals surface area contributed by atoms with Crippen LogP contribution in [0.4, 0.5) is 5.69 Å². The number of aromatic carboxylic acids is 1. The Morgan fingerprint density at radius 3 is 2.55 bits per heavy atom. The number of anilines is 1. The molecule has 0 saturated heterocycles. The average Bonchev–Trinajstić information content (AvgIpc) is 2.38. The first-order chi connectivity index (χ1) is 9.26. The van der Waals surface area contributed by atoms with Crippen LogP contribution in [-0.4, -0.2) is 38.3 Å². The number of sulfonamides is 1. The van der Waals surface area contributed by atoms with Gasteiger partial charge in [-0.25, -0.2) is 13.2 Å². The van der Waals surface area contributed by atoms with Gasteiger partial charge in [0.1, 0.15) is 0 Å². The third-order valence-corrected chi connectivity index (χ3v) is 3.90. The molecule has 0 aromatic heterocycles. The van der Waals surface area contributed by atoms with Crippen molar-refractivity contribution in [3.05, 3.63) is 29.3 Å². The summed E-state index contributed by atoms with van der Waals surface area (Å²) in [4.78, 5) is 21.9. The second kappa shape index (κ2) is 6.38. The Balaban J connectivity index is 2.90. The van der Waals surface area contributed by atoms with Gasteiger partial charge in [-0.15, -0.1) is 0 Å². The number of nitrogens with one attached hydrogen (secondary N) is 1. The van der Waals surface area contributed by atoms with Crippen LogP contribution in [0.15, 0.2) is 18.2 Å². The van der Waals surface area contributed by atoms with Crippen molar-refractivity contribution in [2.24, 2.45) is 0 Å². The lowest BCUT2D eigenvalue weighted by atomic mass is 10.1. The van der Waals surface area contributed by atoms with Crippen molar-refractivity contribution in [1.29, 1.82) is 0 Å². The monoisotopic (exact) mass is 301 g/mol. The van der Waals surface area contributed by atoms with Crippen molar-refractivity contribution in [2.75, 3.05) is 17.6 Å². The van der Waals surface area contributed by atoms with Gasteiger partial charge < -0.3 is 9.84 Å². The quantitative estimate of drug-likeness (QED) is 0.758. The van der Waals surface area contributed by atoms with Crippen LogP contribution in [0.5, 0.6) is 0 Å². The smallest absolute Gasteiger partial charge is 0.336 e. The van der Waals surface area contributed by atoms with Gasteiger partial charge in [-0.05, 0) is 24.6 Å². The predicted octanol–water partition coefficient (Wildman–Crippen LogP) is 0.998. The molecular formula is C12H15NO6S. The molecule has 0 atom stereocenters. The first kappa shape index (κ1) is 16.0. The van der Waals surface area contributed by atoms with E-state index in [2.05, 4.69) is 9.46 Å². The third kappa shape index (κ3) is 4.23. The first-order valence-corrected chi connectivity index (χ1v) is 7.32. The number of carbonyl (C=O) groups excluding carboxylic acids is 1. The van der Waals surface area contributed by atoms with Gasteiger partial charge in [0.25, 0.3) is 0 Å². The summed E-state index contributed by atoms with van der Waals surface area (Å²) in [6.07, 6.45) is -0.274. The average molecular weight is 301 g/mol. The minimum absolute atomic E-state index is 0.0122. The molecule has 0 bridgehead atoms. The van der Waals surface area contributed by atoms with Crippen molar-refractivity contribution in [1.82, 2.24) is 0 Å². The van der Waals surface area contributed by atoms with E-state index in [1.165, 1.54) is 32.2 Å². The SMILES string of the molecule is COC(=O)CCS(=O)(=O)Nc1cccc(C(=O)O)c1C. The van der Waals surface area contributed by atoms with E-state index in [0.29, 0.717) is 5.56 Å². The number of methoxy groups -OCH3 is 1. The molecule has 2 N–H and O–H groups in total. The molecule has 0 fully saturated rings. The van der Waals surface area contributed by atoms with E-state index in [0.717, 1.165) is 0 Å². The molecule has 110 valence electrons. The Hall–Kier alpha value is -2.09. The maximum Gasteiger partial charge on any atom is 0.336 e. The van der Waals surface area contributed by atoms with Crippen LogP contribution in [-0.2, 0) is 19.6 Å². The molecular weight excluding hydrogens is 286 g/mol. The van der Waals surface area contributed by atoms with Gasteiger partial charge in [-0.3, -0.25) is 9.52 Å². The van der Waals surface area contributed by atoms with Gasteiger partial charge in [0, 0.05) is 0 Å². The highest BCUT2D eigenvalue weighted by atomic mass is 32.2. The molecule has 20 heavy (non-hydrogen) atoms. The van der Waals surface area contributed by atoms with Crippen LogP contribution in [0.1, 0.15) is 22.3 Å². The van der Waals surface area contributed by atoms with Crippen molar-refractivity contribution < 1.29 is 27.9 Å². The van der Waals surface area contributed by atoms with Crippen molar-refractivity contribution in [2.45, 2.75) is 13.3 Å². The number of rotatable bonds is 6. The zero-order valence-corrected chi connectivity index (χ0v) is 11.9. The summed E-state index contributed by atoms with van der Waals surface area (Å²) < 4.78 is 30.2. The molecule has 1 rings (SSSR count). The Morgan fingerprint density at radius 2 is 2.00 bits per heavy atom. The van der Waals surface area contributed by atoms with Crippen molar-refractivity contribution in [3.63, 3.8) is 0 Å². The van der Waals surface area contributed by atoms with E-state index in [1.54, 1.807) is 0 Å². The molecule has 0 amide bonds. The van der Waals surface area contributed by atoms with Crippen LogP contribution in [0.2, 0.25) is 0 Å². The fourth-order valence-electron chi connectivity index (χ4n) is 1.52. The summed E-state index contributed by atoms with van der Waals surface area (Å²) in [5, 5.41) is 8.96. The maximum atomic E-state index is 11.8. The summed E-state index contributed by atoms with van der Waals surface area (Å²) in [6.45, 7) is 1.50. The number of ether oxygens (including phenoxy) is 1. The molecule has 0 radical (unpaired) electrons. The summed E-state index contributed by atoms with van der Waals surface area (Å²) in [7, 11) is -2.58. The molecule has 0 aliphatic carbocycles. The first-order valence-electron chi connectivity index (χ1n) is 5.67. The molecule has 1 aromatic rings.